The van der Waals surface area contributed by atoms with Gasteiger partial charge >= 0.3 is 0 Å². The van der Waals surface area contributed by atoms with Crippen LogP contribution in [0.2, 0.25) is 0 Å². The molecule has 21 heavy (non-hydrogen) atoms. The molecule has 0 aromatic carbocycles. The third-order valence-electron chi connectivity index (χ3n) is 3.70. The van der Waals surface area contributed by atoms with E-state index >= 15 is 0 Å². The van der Waals surface area contributed by atoms with Crippen molar-refractivity contribution >= 4 is 5.91 Å². The second-order valence-electron chi connectivity index (χ2n) is 6.38. The molecule has 0 unspecified atom stereocenters. The third kappa shape index (κ3) is 9.82. The number of nitrogens with zero attached hydrogens (tertiary/aromatic N) is 1. The van der Waals surface area contributed by atoms with E-state index in [1.807, 2.05) is 0 Å². The number of rotatable bonds is 10. The molecule has 5 nitrogen and oxygen atoms in total. The molecule has 1 saturated heterocycles. The zero-order chi connectivity index (χ0) is 15.5. The molecule has 1 aliphatic heterocycles. The molecule has 1 heterocycles. The molecule has 0 bridgehead atoms. The summed E-state index contributed by atoms with van der Waals surface area (Å²) in [6.07, 6.45) is 2.92. The first-order chi connectivity index (χ1) is 10.1. The van der Waals surface area contributed by atoms with Gasteiger partial charge in [0.15, 0.2) is 0 Å². The Morgan fingerprint density at radius 2 is 1.86 bits per heavy atom. The zero-order valence-corrected chi connectivity index (χ0v) is 13.9. The van der Waals surface area contributed by atoms with E-state index < -0.39 is 0 Å². The highest BCUT2D eigenvalue weighted by Crippen LogP contribution is 2.18. The number of amides is 1. The Morgan fingerprint density at radius 1 is 1.19 bits per heavy atom. The van der Waals surface area contributed by atoms with Crippen LogP contribution in [-0.4, -0.2) is 63.9 Å². The molecule has 5 heteroatoms. The van der Waals surface area contributed by atoms with Crippen LogP contribution in [0.4, 0.5) is 0 Å². The molecule has 124 valence electrons. The molecule has 1 aliphatic rings. The smallest absolute Gasteiger partial charge is 0.220 e. The predicted octanol–water partition coefficient (Wildman–Crippen LogP) is 1.52. The molecule has 0 aromatic rings. The summed E-state index contributed by atoms with van der Waals surface area (Å²) in [5.74, 6) is 1.26. The predicted molar refractivity (Wildman–Crippen MR) is 84.3 cm³/mol. The van der Waals surface area contributed by atoms with E-state index in [2.05, 4.69) is 31.1 Å². The number of piperidine rings is 1. The van der Waals surface area contributed by atoms with Crippen molar-refractivity contribution in [2.75, 3.05) is 53.1 Å². The van der Waals surface area contributed by atoms with Crippen LogP contribution in [0.15, 0.2) is 0 Å². The highest BCUT2D eigenvalue weighted by molar-refractivity contribution is 5.76. The van der Waals surface area contributed by atoms with Crippen LogP contribution in [0.1, 0.15) is 33.1 Å². The maximum atomic E-state index is 11.8. The molecule has 1 fully saturated rings. The quantitative estimate of drug-likeness (QED) is 0.622. The van der Waals surface area contributed by atoms with Crippen molar-refractivity contribution < 1.29 is 14.3 Å². The lowest BCUT2D eigenvalue weighted by Gasteiger charge is -2.28. The molecule has 1 rings (SSSR count). The lowest BCUT2D eigenvalue weighted by Crippen LogP contribution is -2.34. The first kappa shape index (κ1) is 18.4. The van der Waals surface area contributed by atoms with Crippen LogP contribution in [0, 0.1) is 11.8 Å². The van der Waals surface area contributed by atoms with E-state index in [0.717, 1.165) is 32.5 Å². The van der Waals surface area contributed by atoms with E-state index in [0.29, 0.717) is 44.6 Å². The fourth-order valence-electron chi connectivity index (χ4n) is 2.40. The fraction of sp³-hybridized carbons (Fsp3) is 0.938. The minimum absolute atomic E-state index is 0.157. The fourth-order valence-corrected chi connectivity index (χ4v) is 2.40. The summed E-state index contributed by atoms with van der Waals surface area (Å²) < 4.78 is 10.8. The van der Waals surface area contributed by atoms with Crippen LogP contribution in [-0.2, 0) is 14.3 Å². The lowest BCUT2D eigenvalue weighted by atomic mass is 9.93. The number of ether oxygens (including phenoxy) is 2. The zero-order valence-electron chi connectivity index (χ0n) is 13.9. The van der Waals surface area contributed by atoms with Crippen LogP contribution >= 0.6 is 0 Å². The van der Waals surface area contributed by atoms with Crippen molar-refractivity contribution in [2.24, 2.45) is 11.8 Å². The molecule has 0 spiro atoms. The van der Waals surface area contributed by atoms with Crippen LogP contribution in [0.25, 0.3) is 0 Å². The van der Waals surface area contributed by atoms with E-state index in [1.165, 1.54) is 0 Å². The largest absolute Gasteiger partial charge is 0.379 e. The maximum Gasteiger partial charge on any atom is 0.220 e. The van der Waals surface area contributed by atoms with Crippen molar-refractivity contribution in [3.63, 3.8) is 0 Å². The van der Waals surface area contributed by atoms with Crippen molar-refractivity contribution in [2.45, 2.75) is 33.1 Å². The standard InChI is InChI=1S/C16H32N2O3/c1-14(2)13-21-11-10-20-9-6-17-16(19)12-15-4-7-18(3)8-5-15/h14-15H,4-13H2,1-3H3,(H,17,19). The number of carbonyl (C=O) groups excluding carboxylic acids is 1. The Labute approximate surface area is 129 Å². The summed E-state index contributed by atoms with van der Waals surface area (Å²) in [6.45, 7) is 9.62. The van der Waals surface area contributed by atoms with Gasteiger partial charge in [0, 0.05) is 19.6 Å². The van der Waals surface area contributed by atoms with E-state index in [1.54, 1.807) is 0 Å². The minimum atomic E-state index is 0.157. The number of carbonyl (C=O) groups is 1. The van der Waals surface area contributed by atoms with E-state index in [4.69, 9.17) is 9.47 Å². The summed E-state index contributed by atoms with van der Waals surface area (Å²) in [7, 11) is 2.14. The minimum Gasteiger partial charge on any atom is -0.379 e. The average Bonchev–Trinajstić information content (AvgIpc) is 2.44. The van der Waals surface area contributed by atoms with Gasteiger partial charge in [0.25, 0.3) is 0 Å². The van der Waals surface area contributed by atoms with E-state index in [9.17, 15) is 4.79 Å². The summed E-state index contributed by atoms with van der Waals surface area (Å²) in [4.78, 5) is 14.1. The highest BCUT2D eigenvalue weighted by atomic mass is 16.5. The van der Waals surface area contributed by atoms with Gasteiger partial charge in [-0.3, -0.25) is 4.79 Å². The van der Waals surface area contributed by atoms with Gasteiger partial charge in [-0.05, 0) is 44.8 Å². The highest BCUT2D eigenvalue weighted by Gasteiger charge is 2.19. The molecular weight excluding hydrogens is 268 g/mol. The molecule has 0 aliphatic carbocycles. The molecule has 0 atom stereocenters. The normalized spacial score (nSPS) is 17.3. The van der Waals surface area contributed by atoms with Crippen molar-refractivity contribution in [1.82, 2.24) is 10.2 Å². The molecule has 1 N–H and O–H groups in total. The van der Waals surface area contributed by atoms with Crippen molar-refractivity contribution in [3.8, 4) is 0 Å². The Kier molecular flexibility index (Phi) is 9.63. The molecule has 0 aromatic heterocycles. The average molecular weight is 300 g/mol. The van der Waals surface area contributed by atoms with Crippen LogP contribution < -0.4 is 5.32 Å². The molecule has 0 radical (unpaired) electrons. The second kappa shape index (κ2) is 11.0. The number of hydrogen-bond donors (Lipinski definition) is 1. The van der Waals surface area contributed by atoms with Gasteiger partial charge in [0.1, 0.15) is 0 Å². The van der Waals surface area contributed by atoms with E-state index in [-0.39, 0.29) is 5.91 Å². The first-order valence-electron chi connectivity index (χ1n) is 8.18. The second-order valence-corrected chi connectivity index (χ2v) is 6.38. The van der Waals surface area contributed by atoms with Gasteiger partial charge in [0.2, 0.25) is 5.91 Å². The Morgan fingerprint density at radius 3 is 2.52 bits per heavy atom. The van der Waals surface area contributed by atoms with Crippen molar-refractivity contribution in [3.05, 3.63) is 0 Å². The monoisotopic (exact) mass is 300 g/mol. The number of likely N-dealkylation sites (tertiary alicyclic amines) is 1. The Balaban J connectivity index is 1.89. The van der Waals surface area contributed by atoms with Crippen molar-refractivity contribution in [1.29, 1.82) is 0 Å². The summed E-state index contributed by atoms with van der Waals surface area (Å²) in [6, 6.07) is 0. The Hall–Kier alpha value is -0.650. The van der Waals surface area contributed by atoms with Gasteiger partial charge in [-0.1, -0.05) is 13.8 Å². The molecule has 1 amide bonds. The van der Waals surface area contributed by atoms with Gasteiger partial charge in [-0.25, -0.2) is 0 Å². The van der Waals surface area contributed by atoms with Crippen LogP contribution in [0.3, 0.4) is 0 Å². The summed E-state index contributed by atoms with van der Waals surface area (Å²) in [5.41, 5.74) is 0. The number of hydrogen-bond acceptors (Lipinski definition) is 4. The lowest BCUT2D eigenvalue weighted by molar-refractivity contribution is -0.122. The van der Waals surface area contributed by atoms with Gasteiger partial charge in [-0.2, -0.15) is 0 Å². The molecular formula is C16H32N2O3. The number of nitrogens with one attached hydrogen (secondary N) is 1. The summed E-state index contributed by atoms with van der Waals surface area (Å²) >= 11 is 0. The topological polar surface area (TPSA) is 50.8 Å². The molecule has 0 saturated carbocycles. The first-order valence-corrected chi connectivity index (χ1v) is 8.18. The van der Waals surface area contributed by atoms with Gasteiger partial charge in [-0.15, -0.1) is 0 Å². The maximum absolute atomic E-state index is 11.8. The SMILES string of the molecule is CC(C)COCCOCCNC(=O)CC1CCN(C)CC1. The summed E-state index contributed by atoms with van der Waals surface area (Å²) in [5, 5.41) is 2.93. The third-order valence-corrected chi connectivity index (χ3v) is 3.70. The van der Waals surface area contributed by atoms with Gasteiger partial charge in [0.05, 0.1) is 19.8 Å². The van der Waals surface area contributed by atoms with Gasteiger partial charge < -0.3 is 19.7 Å². The van der Waals surface area contributed by atoms with Crippen LogP contribution in [0.5, 0.6) is 0 Å². The Bertz CT molecular complexity index is 277.